The molecule has 2 rings (SSSR count). The average Bonchev–Trinajstić information content (AvgIpc) is 2.56. The van der Waals surface area contributed by atoms with Gasteiger partial charge in [-0.25, -0.2) is 14.6 Å². The van der Waals surface area contributed by atoms with Gasteiger partial charge in [-0.3, -0.25) is 0 Å². The van der Waals surface area contributed by atoms with Crippen molar-refractivity contribution in [1.82, 2.24) is 0 Å². The predicted octanol–water partition coefficient (Wildman–Crippen LogP) is 4.37. The topological polar surface area (TPSA) is 44.8 Å². The Morgan fingerprint density at radius 1 is 1.00 bits per heavy atom. The van der Waals surface area contributed by atoms with Gasteiger partial charge >= 0.3 is 5.97 Å². The monoisotopic (exact) mass is 312 g/mol. The highest BCUT2D eigenvalue weighted by atomic mass is 17.2. The molecule has 120 valence electrons. The molecule has 0 aromatic heterocycles. The van der Waals surface area contributed by atoms with Crippen LogP contribution < -0.4 is 0 Å². The molecule has 0 atom stereocenters. The van der Waals surface area contributed by atoms with Gasteiger partial charge in [-0.05, 0) is 43.2 Å². The molecule has 0 spiro atoms. The number of rotatable bonds is 7. The summed E-state index contributed by atoms with van der Waals surface area (Å²) in [4.78, 5) is 21.9. The fraction of sp³-hybridized carbons (Fsp3) is 0.211. The Bertz CT molecular complexity index is 645. The third-order valence-electron chi connectivity index (χ3n) is 3.04. The van der Waals surface area contributed by atoms with E-state index in [1.165, 1.54) is 0 Å². The van der Waals surface area contributed by atoms with Crippen molar-refractivity contribution in [2.24, 2.45) is 0 Å². The zero-order chi connectivity index (χ0) is 16.5. The summed E-state index contributed by atoms with van der Waals surface area (Å²) < 4.78 is 5.34. The molecule has 4 nitrogen and oxygen atoms in total. The number of esters is 1. The molecule has 2 aromatic carbocycles. The number of hydrogen-bond donors (Lipinski definition) is 0. The molecule has 0 aliphatic rings. The summed E-state index contributed by atoms with van der Waals surface area (Å²) in [5, 5.41) is 0. The SMILES string of the molecule is CCOOCc1ccc(C(=O)OC(C)=Cc2ccccc2)cc1. The molecular formula is C19H20O4. The quantitative estimate of drug-likeness (QED) is 0.250. The van der Waals surface area contributed by atoms with Gasteiger partial charge in [0.2, 0.25) is 0 Å². The van der Waals surface area contributed by atoms with Crippen molar-refractivity contribution in [3.8, 4) is 0 Å². The van der Waals surface area contributed by atoms with Gasteiger partial charge in [0.25, 0.3) is 0 Å². The minimum atomic E-state index is -0.382. The van der Waals surface area contributed by atoms with E-state index < -0.39 is 0 Å². The normalized spacial score (nSPS) is 11.3. The number of carbonyl (C=O) groups is 1. The minimum Gasteiger partial charge on any atom is -0.428 e. The van der Waals surface area contributed by atoms with E-state index in [2.05, 4.69) is 0 Å². The first-order chi connectivity index (χ1) is 11.2. The van der Waals surface area contributed by atoms with E-state index in [0.29, 0.717) is 24.5 Å². The molecule has 23 heavy (non-hydrogen) atoms. The van der Waals surface area contributed by atoms with Crippen LogP contribution in [0.4, 0.5) is 0 Å². The molecule has 0 amide bonds. The second-order valence-corrected chi connectivity index (χ2v) is 4.92. The van der Waals surface area contributed by atoms with Gasteiger partial charge in [0.05, 0.1) is 12.2 Å². The van der Waals surface area contributed by atoms with Gasteiger partial charge in [0.15, 0.2) is 0 Å². The maximum atomic E-state index is 12.1. The van der Waals surface area contributed by atoms with Crippen molar-refractivity contribution in [3.05, 3.63) is 77.0 Å². The maximum absolute atomic E-state index is 12.1. The van der Waals surface area contributed by atoms with E-state index in [0.717, 1.165) is 11.1 Å². The first-order valence-electron chi connectivity index (χ1n) is 7.48. The molecule has 0 unspecified atom stereocenters. The molecule has 0 N–H and O–H groups in total. The van der Waals surface area contributed by atoms with Crippen LogP contribution in [0.2, 0.25) is 0 Å². The first kappa shape index (κ1) is 16.9. The highest BCUT2D eigenvalue weighted by Crippen LogP contribution is 2.12. The summed E-state index contributed by atoms with van der Waals surface area (Å²) in [6.07, 6.45) is 1.82. The maximum Gasteiger partial charge on any atom is 0.343 e. The number of carbonyl (C=O) groups excluding carboxylic acids is 1. The lowest BCUT2D eigenvalue weighted by Crippen LogP contribution is -2.04. The van der Waals surface area contributed by atoms with Crippen molar-refractivity contribution in [2.45, 2.75) is 20.5 Å². The van der Waals surface area contributed by atoms with E-state index >= 15 is 0 Å². The lowest BCUT2D eigenvalue weighted by atomic mass is 10.1. The molecule has 0 bridgehead atoms. The van der Waals surface area contributed by atoms with Gasteiger partial charge in [-0.2, -0.15) is 0 Å². The van der Waals surface area contributed by atoms with Gasteiger partial charge in [0, 0.05) is 0 Å². The summed E-state index contributed by atoms with van der Waals surface area (Å²) in [7, 11) is 0. The Kier molecular flexibility index (Phi) is 6.54. The van der Waals surface area contributed by atoms with Crippen LogP contribution in [-0.2, 0) is 21.1 Å². The van der Waals surface area contributed by atoms with Crippen LogP contribution in [0.15, 0.2) is 60.4 Å². The van der Waals surface area contributed by atoms with E-state index in [1.807, 2.05) is 55.5 Å². The Hall–Kier alpha value is -2.43. The molecule has 4 heteroatoms. The van der Waals surface area contributed by atoms with E-state index in [-0.39, 0.29) is 5.97 Å². The van der Waals surface area contributed by atoms with E-state index in [9.17, 15) is 4.79 Å². The number of ether oxygens (including phenoxy) is 1. The second-order valence-electron chi connectivity index (χ2n) is 4.92. The van der Waals surface area contributed by atoms with Gasteiger partial charge in [-0.15, -0.1) is 0 Å². The summed E-state index contributed by atoms with van der Waals surface area (Å²) in [6, 6.07) is 16.8. The minimum absolute atomic E-state index is 0.343. The number of allylic oxidation sites excluding steroid dienone is 1. The third kappa shape index (κ3) is 5.70. The van der Waals surface area contributed by atoms with E-state index in [4.69, 9.17) is 14.5 Å². The molecule has 0 heterocycles. The summed E-state index contributed by atoms with van der Waals surface area (Å²) in [5.74, 6) is 0.164. The van der Waals surface area contributed by atoms with Gasteiger partial charge in [-0.1, -0.05) is 42.5 Å². The van der Waals surface area contributed by atoms with Gasteiger partial charge in [0.1, 0.15) is 12.4 Å². The van der Waals surface area contributed by atoms with Crippen molar-refractivity contribution in [2.75, 3.05) is 6.61 Å². The molecule has 0 saturated heterocycles. The van der Waals surface area contributed by atoms with Crippen molar-refractivity contribution >= 4 is 12.0 Å². The first-order valence-corrected chi connectivity index (χ1v) is 7.48. The Morgan fingerprint density at radius 3 is 2.35 bits per heavy atom. The van der Waals surface area contributed by atoms with Crippen LogP contribution in [0.3, 0.4) is 0 Å². The molecule has 0 saturated carbocycles. The summed E-state index contributed by atoms with van der Waals surface area (Å²) in [6.45, 7) is 4.45. The fourth-order valence-electron chi connectivity index (χ4n) is 1.95. The average molecular weight is 312 g/mol. The van der Waals surface area contributed by atoms with Crippen molar-refractivity contribution in [3.63, 3.8) is 0 Å². The highest BCUT2D eigenvalue weighted by molar-refractivity contribution is 5.90. The van der Waals surface area contributed by atoms with Crippen molar-refractivity contribution < 1.29 is 19.3 Å². The fourth-order valence-corrected chi connectivity index (χ4v) is 1.95. The molecule has 2 aromatic rings. The van der Waals surface area contributed by atoms with E-state index in [1.54, 1.807) is 19.1 Å². The van der Waals surface area contributed by atoms with Crippen LogP contribution in [0, 0.1) is 0 Å². The molecule has 0 aliphatic heterocycles. The third-order valence-corrected chi connectivity index (χ3v) is 3.04. The molecular weight excluding hydrogens is 292 g/mol. The van der Waals surface area contributed by atoms with Crippen molar-refractivity contribution in [1.29, 1.82) is 0 Å². The standard InChI is InChI=1S/C19H20O4/c1-3-21-22-14-17-9-11-18(12-10-17)19(20)23-15(2)13-16-7-5-4-6-8-16/h4-13H,3,14H2,1-2H3. The van der Waals surface area contributed by atoms with Gasteiger partial charge < -0.3 is 4.74 Å². The lowest BCUT2D eigenvalue weighted by Gasteiger charge is -2.06. The Labute approximate surface area is 136 Å². The van der Waals surface area contributed by atoms with Crippen LogP contribution in [0.25, 0.3) is 6.08 Å². The summed E-state index contributed by atoms with van der Waals surface area (Å²) >= 11 is 0. The Balaban J connectivity index is 1.94. The summed E-state index contributed by atoms with van der Waals surface area (Å²) in [5.41, 5.74) is 2.40. The molecule has 0 radical (unpaired) electrons. The molecule has 0 fully saturated rings. The number of benzene rings is 2. The number of hydrogen-bond acceptors (Lipinski definition) is 4. The van der Waals surface area contributed by atoms with Crippen LogP contribution in [0.1, 0.15) is 35.3 Å². The molecule has 0 aliphatic carbocycles. The predicted molar refractivity (Wildman–Crippen MR) is 88.4 cm³/mol. The smallest absolute Gasteiger partial charge is 0.343 e. The Morgan fingerprint density at radius 2 is 1.70 bits per heavy atom. The highest BCUT2D eigenvalue weighted by Gasteiger charge is 2.08. The van der Waals surface area contributed by atoms with Crippen LogP contribution in [-0.4, -0.2) is 12.6 Å². The van der Waals surface area contributed by atoms with Crippen LogP contribution >= 0.6 is 0 Å². The second kappa shape index (κ2) is 8.88. The van der Waals surface area contributed by atoms with Crippen LogP contribution in [0.5, 0.6) is 0 Å². The zero-order valence-electron chi connectivity index (χ0n) is 13.3. The lowest BCUT2D eigenvalue weighted by molar-refractivity contribution is -0.300. The largest absolute Gasteiger partial charge is 0.428 e. The zero-order valence-corrected chi connectivity index (χ0v) is 13.3.